The monoisotopic (exact) mass is 224 g/mol. The van der Waals surface area contributed by atoms with Crippen LogP contribution in [0.1, 0.15) is 13.8 Å². The molecule has 0 aliphatic carbocycles. The average Bonchev–Trinajstić information content (AvgIpc) is 2.25. The number of nitrogen functional groups attached to an aromatic ring is 1. The number of aliphatic hydroxyl groups excluding tert-OH is 1. The van der Waals surface area contributed by atoms with Crippen molar-refractivity contribution in [1.82, 2.24) is 0 Å². The minimum absolute atomic E-state index is 0.132. The summed E-state index contributed by atoms with van der Waals surface area (Å²) in [6.07, 6.45) is 0. The number of nitrogens with zero attached hydrogens (tertiary/aromatic N) is 1. The molecule has 0 saturated carbocycles. The van der Waals surface area contributed by atoms with Gasteiger partial charge in [-0.05, 0) is 19.9 Å². The first-order valence-corrected chi connectivity index (χ1v) is 5.60. The van der Waals surface area contributed by atoms with Crippen molar-refractivity contribution in [3.05, 3.63) is 18.2 Å². The van der Waals surface area contributed by atoms with Gasteiger partial charge in [0, 0.05) is 36.6 Å². The van der Waals surface area contributed by atoms with Crippen molar-refractivity contribution in [2.45, 2.75) is 13.8 Å². The molecule has 1 rings (SSSR count). The third-order valence-electron chi connectivity index (χ3n) is 2.34. The van der Waals surface area contributed by atoms with Crippen LogP contribution < -0.4 is 15.4 Å². The van der Waals surface area contributed by atoms with Gasteiger partial charge in [-0.2, -0.15) is 0 Å². The predicted molar refractivity (Wildman–Crippen MR) is 67.0 cm³/mol. The van der Waals surface area contributed by atoms with Gasteiger partial charge in [0.25, 0.3) is 0 Å². The fourth-order valence-corrected chi connectivity index (χ4v) is 1.63. The van der Waals surface area contributed by atoms with Crippen LogP contribution in [0.15, 0.2) is 18.2 Å². The smallest absolute Gasteiger partial charge is 0.123 e. The Morgan fingerprint density at radius 1 is 1.31 bits per heavy atom. The topological polar surface area (TPSA) is 58.7 Å². The summed E-state index contributed by atoms with van der Waals surface area (Å²) in [6.45, 7) is 6.16. The molecule has 4 heteroatoms. The molecule has 0 unspecified atom stereocenters. The van der Waals surface area contributed by atoms with Gasteiger partial charge in [0.15, 0.2) is 0 Å². The number of anilines is 2. The maximum atomic E-state index is 8.97. The number of rotatable bonds is 6. The van der Waals surface area contributed by atoms with Gasteiger partial charge in [-0.25, -0.2) is 0 Å². The largest absolute Gasteiger partial charge is 0.494 e. The van der Waals surface area contributed by atoms with E-state index in [1.165, 1.54) is 0 Å². The van der Waals surface area contributed by atoms with Crippen LogP contribution in [0, 0.1) is 0 Å². The van der Waals surface area contributed by atoms with Crippen LogP contribution in [-0.2, 0) is 0 Å². The van der Waals surface area contributed by atoms with Crippen LogP contribution in [0.3, 0.4) is 0 Å². The Bertz CT molecular complexity index is 329. The first-order chi connectivity index (χ1) is 7.71. The van der Waals surface area contributed by atoms with Crippen LogP contribution in [0.4, 0.5) is 11.4 Å². The fraction of sp³-hybridized carbons (Fsp3) is 0.500. The molecule has 0 bridgehead atoms. The summed E-state index contributed by atoms with van der Waals surface area (Å²) < 4.78 is 5.43. The molecule has 0 saturated heterocycles. The average molecular weight is 224 g/mol. The van der Waals surface area contributed by atoms with Crippen molar-refractivity contribution in [2.24, 2.45) is 0 Å². The molecular formula is C12H20N2O2. The third-order valence-corrected chi connectivity index (χ3v) is 2.34. The summed E-state index contributed by atoms with van der Waals surface area (Å²) in [5.41, 5.74) is 7.47. The van der Waals surface area contributed by atoms with Crippen molar-refractivity contribution in [3.63, 3.8) is 0 Å². The number of nitrogens with two attached hydrogens (primary N) is 1. The molecule has 0 aliphatic rings. The van der Waals surface area contributed by atoms with E-state index in [9.17, 15) is 0 Å². The molecule has 0 heterocycles. The first-order valence-electron chi connectivity index (χ1n) is 5.60. The summed E-state index contributed by atoms with van der Waals surface area (Å²) in [7, 11) is 0. The maximum absolute atomic E-state index is 8.97. The van der Waals surface area contributed by atoms with Gasteiger partial charge in [-0.15, -0.1) is 0 Å². The van der Waals surface area contributed by atoms with Crippen LogP contribution in [0.25, 0.3) is 0 Å². The van der Waals surface area contributed by atoms with E-state index in [2.05, 4.69) is 4.90 Å². The molecule has 0 aromatic heterocycles. The number of hydrogen-bond acceptors (Lipinski definition) is 4. The molecule has 3 N–H and O–H groups in total. The Kier molecular flexibility index (Phi) is 4.92. The van der Waals surface area contributed by atoms with E-state index >= 15 is 0 Å². The molecule has 1 aromatic rings. The fourth-order valence-electron chi connectivity index (χ4n) is 1.63. The molecule has 4 nitrogen and oxygen atoms in total. The second-order valence-electron chi connectivity index (χ2n) is 3.50. The minimum atomic E-state index is 0.132. The summed E-state index contributed by atoms with van der Waals surface area (Å²) in [4.78, 5) is 2.05. The lowest BCUT2D eigenvalue weighted by Gasteiger charge is -2.23. The summed E-state index contributed by atoms with van der Waals surface area (Å²) >= 11 is 0. The number of hydrogen-bond donors (Lipinski definition) is 2. The summed E-state index contributed by atoms with van der Waals surface area (Å²) in [5, 5.41) is 8.97. The highest BCUT2D eigenvalue weighted by molar-refractivity contribution is 5.60. The van der Waals surface area contributed by atoms with E-state index in [0.717, 1.165) is 18.0 Å². The van der Waals surface area contributed by atoms with Gasteiger partial charge < -0.3 is 20.5 Å². The van der Waals surface area contributed by atoms with E-state index in [1.54, 1.807) is 6.07 Å². The van der Waals surface area contributed by atoms with Crippen molar-refractivity contribution in [1.29, 1.82) is 0 Å². The van der Waals surface area contributed by atoms with Crippen molar-refractivity contribution >= 4 is 11.4 Å². The molecule has 0 atom stereocenters. The molecule has 0 radical (unpaired) electrons. The molecular weight excluding hydrogens is 204 g/mol. The molecule has 90 valence electrons. The number of benzene rings is 1. The van der Waals surface area contributed by atoms with Crippen LogP contribution in [0.5, 0.6) is 5.75 Å². The maximum Gasteiger partial charge on any atom is 0.123 e. The highest BCUT2D eigenvalue weighted by atomic mass is 16.5. The molecule has 0 fully saturated rings. The minimum Gasteiger partial charge on any atom is -0.494 e. The van der Waals surface area contributed by atoms with E-state index in [0.29, 0.717) is 18.8 Å². The Labute approximate surface area is 96.6 Å². The Hall–Kier alpha value is -1.42. The summed E-state index contributed by atoms with van der Waals surface area (Å²) in [6, 6.07) is 5.64. The standard InChI is InChI=1S/C12H20N2O2/c1-3-14(5-6-15)11-7-10(13)8-12(9-11)16-4-2/h7-9,15H,3-6,13H2,1-2H3. The number of aliphatic hydroxyl groups is 1. The van der Waals surface area contributed by atoms with Crippen LogP contribution in [-0.4, -0.2) is 31.4 Å². The third kappa shape index (κ3) is 3.31. The quantitative estimate of drug-likeness (QED) is 0.719. The molecule has 1 aromatic carbocycles. The zero-order chi connectivity index (χ0) is 12.0. The van der Waals surface area contributed by atoms with Gasteiger partial charge in [0.2, 0.25) is 0 Å². The Balaban J connectivity index is 2.92. The van der Waals surface area contributed by atoms with E-state index in [4.69, 9.17) is 15.6 Å². The normalized spacial score (nSPS) is 10.2. The van der Waals surface area contributed by atoms with Gasteiger partial charge in [0.1, 0.15) is 5.75 Å². The highest BCUT2D eigenvalue weighted by Crippen LogP contribution is 2.25. The van der Waals surface area contributed by atoms with Gasteiger partial charge in [0.05, 0.1) is 13.2 Å². The summed E-state index contributed by atoms with van der Waals surface area (Å²) in [5.74, 6) is 0.772. The van der Waals surface area contributed by atoms with E-state index < -0.39 is 0 Å². The molecule has 0 spiro atoms. The van der Waals surface area contributed by atoms with Crippen molar-refractivity contribution < 1.29 is 9.84 Å². The highest BCUT2D eigenvalue weighted by Gasteiger charge is 2.06. The van der Waals surface area contributed by atoms with Gasteiger partial charge in [-0.3, -0.25) is 0 Å². The van der Waals surface area contributed by atoms with Crippen molar-refractivity contribution in [3.8, 4) is 5.75 Å². The number of likely N-dealkylation sites (N-methyl/N-ethyl adjacent to an activating group) is 1. The lowest BCUT2D eigenvalue weighted by atomic mass is 10.2. The van der Waals surface area contributed by atoms with E-state index in [1.807, 2.05) is 26.0 Å². The Morgan fingerprint density at radius 2 is 2.06 bits per heavy atom. The second-order valence-corrected chi connectivity index (χ2v) is 3.50. The zero-order valence-electron chi connectivity index (χ0n) is 9.94. The van der Waals surface area contributed by atoms with Crippen LogP contribution in [0.2, 0.25) is 0 Å². The SMILES string of the molecule is CCOc1cc(N)cc(N(CC)CCO)c1. The second kappa shape index (κ2) is 6.23. The molecule has 0 amide bonds. The number of ether oxygens (including phenoxy) is 1. The zero-order valence-corrected chi connectivity index (χ0v) is 9.94. The van der Waals surface area contributed by atoms with E-state index in [-0.39, 0.29) is 6.61 Å². The van der Waals surface area contributed by atoms with Gasteiger partial charge in [-0.1, -0.05) is 0 Å². The Morgan fingerprint density at radius 3 is 2.62 bits per heavy atom. The molecule has 0 aliphatic heterocycles. The predicted octanol–water partition coefficient (Wildman–Crippen LogP) is 1.49. The van der Waals surface area contributed by atoms with Gasteiger partial charge >= 0.3 is 0 Å². The lowest BCUT2D eigenvalue weighted by molar-refractivity contribution is 0.302. The molecule has 16 heavy (non-hydrogen) atoms. The van der Waals surface area contributed by atoms with Crippen LogP contribution >= 0.6 is 0 Å². The first kappa shape index (κ1) is 12.6. The lowest BCUT2D eigenvalue weighted by Crippen LogP contribution is -2.26. The van der Waals surface area contributed by atoms with Crippen molar-refractivity contribution in [2.75, 3.05) is 36.9 Å².